The molecule has 0 heterocycles. The number of fused-ring (bicyclic) bond motifs is 1. The molecule has 0 spiro atoms. The van der Waals surface area contributed by atoms with Crippen LogP contribution in [-0.4, -0.2) is 5.97 Å². The van der Waals surface area contributed by atoms with Gasteiger partial charge in [-0.05, 0) is 23.6 Å². The summed E-state index contributed by atoms with van der Waals surface area (Å²) >= 11 is 0. The largest absolute Gasteiger partial charge is 0.461 e. The van der Waals surface area contributed by atoms with Crippen LogP contribution in [0, 0.1) is 17.2 Å². The Balaban J connectivity index is 1.90. The first kappa shape index (κ1) is 11.7. The number of carbonyl (C=O) groups is 1. The third kappa shape index (κ3) is 2.30. The molecule has 0 saturated heterocycles. The highest BCUT2D eigenvalue weighted by Gasteiger charge is 2.31. The number of rotatable bonds is 3. The zero-order valence-electron chi connectivity index (χ0n) is 10.4. The summed E-state index contributed by atoms with van der Waals surface area (Å²) in [4.78, 5) is 11.5. The van der Waals surface area contributed by atoms with E-state index in [9.17, 15) is 10.1 Å². The van der Waals surface area contributed by atoms with Crippen LogP contribution in [0.25, 0.3) is 10.8 Å². The van der Waals surface area contributed by atoms with E-state index in [1.807, 2.05) is 36.4 Å². The third-order valence-electron chi connectivity index (χ3n) is 3.41. The van der Waals surface area contributed by atoms with E-state index in [0.717, 1.165) is 29.2 Å². The van der Waals surface area contributed by atoms with Crippen LogP contribution in [-0.2, 0) is 16.1 Å². The first-order valence-electron chi connectivity index (χ1n) is 6.37. The average molecular weight is 251 g/mol. The van der Waals surface area contributed by atoms with Crippen molar-refractivity contribution in [1.82, 2.24) is 0 Å². The molecule has 3 rings (SSSR count). The molecule has 0 aliphatic heterocycles. The van der Waals surface area contributed by atoms with Crippen LogP contribution in [0.4, 0.5) is 0 Å². The van der Waals surface area contributed by atoms with E-state index in [2.05, 4.69) is 6.07 Å². The summed E-state index contributed by atoms with van der Waals surface area (Å²) in [6.07, 6.45) is 1.86. The second kappa shape index (κ2) is 4.74. The Morgan fingerprint density at radius 2 is 2.05 bits per heavy atom. The molecule has 0 aromatic heterocycles. The molecule has 1 aliphatic rings. The number of benzene rings is 2. The van der Waals surface area contributed by atoms with Gasteiger partial charge in [-0.2, -0.15) is 5.26 Å². The summed E-state index contributed by atoms with van der Waals surface area (Å²) in [5.74, 6) is -0.0527. The van der Waals surface area contributed by atoms with E-state index in [1.165, 1.54) is 0 Å². The van der Waals surface area contributed by atoms with Crippen molar-refractivity contribution in [3.05, 3.63) is 47.5 Å². The molecule has 1 saturated carbocycles. The van der Waals surface area contributed by atoms with Gasteiger partial charge in [0.2, 0.25) is 0 Å². The standard InChI is InChI=1S/C16H13NO2/c17-9-15-13(10-19-16(18)12-6-7-12)8-5-11-3-1-2-4-14(11)15/h1-5,8,12H,6-7,10H2. The normalized spacial score (nSPS) is 14.1. The van der Waals surface area contributed by atoms with Crippen molar-refractivity contribution in [3.8, 4) is 6.07 Å². The Labute approximate surface area is 111 Å². The quantitative estimate of drug-likeness (QED) is 0.787. The van der Waals surface area contributed by atoms with Crippen molar-refractivity contribution in [1.29, 1.82) is 5.26 Å². The van der Waals surface area contributed by atoms with E-state index in [4.69, 9.17) is 4.74 Å². The van der Waals surface area contributed by atoms with E-state index >= 15 is 0 Å². The molecule has 2 aromatic rings. The number of nitriles is 1. The molecule has 94 valence electrons. The van der Waals surface area contributed by atoms with Crippen LogP contribution >= 0.6 is 0 Å². The van der Waals surface area contributed by atoms with E-state index in [1.54, 1.807) is 0 Å². The predicted molar refractivity (Wildman–Crippen MR) is 71.2 cm³/mol. The molecule has 0 amide bonds. The van der Waals surface area contributed by atoms with Crippen molar-refractivity contribution >= 4 is 16.7 Å². The van der Waals surface area contributed by atoms with Crippen LogP contribution in [0.15, 0.2) is 36.4 Å². The minimum absolute atomic E-state index is 0.0889. The summed E-state index contributed by atoms with van der Waals surface area (Å²) in [6, 6.07) is 13.8. The van der Waals surface area contributed by atoms with Gasteiger partial charge in [0.05, 0.1) is 11.5 Å². The molecule has 3 nitrogen and oxygen atoms in total. The van der Waals surface area contributed by atoms with Crippen LogP contribution < -0.4 is 0 Å². The molecule has 1 aliphatic carbocycles. The molecule has 1 fully saturated rings. The zero-order valence-corrected chi connectivity index (χ0v) is 10.4. The Morgan fingerprint density at radius 3 is 2.79 bits per heavy atom. The summed E-state index contributed by atoms with van der Waals surface area (Å²) < 4.78 is 5.25. The lowest BCUT2D eigenvalue weighted by atomic mass is 10.0. The Hall–Kier alpha value is -2.34. The Kier molecular flexibility index (Phi) is 2.92. The van der Waals surface area contributed by atoms with E-state index in [0.29, 0.717) is 5.56 Å². The first-order chi connectivity index (χ1) is 9.29. The molecular weight excluding hydrogens is 238 g/mol. The summed E-state index contributed by atoms with van der Waals surface area (Å²) in [5, 5.41) is 11.2. The van der Waals surface area contributed by atoms with Gasteiger partial charge < -0.3 is 4.74 Å². The maximum Gasteiger partial charge on any atom is 0.309 e. The predicted octanol–water partition coefficient (Wildman–Crippen LogP) is 3.16. The fourth-order valence-electron chi connectivity index (χ4n) is 2.15. The molecule has 0 unspecified atom stereocenters. The van der Waals surface area contributed by atoms with Crippen molar-refractivity contribution in [2.24, 2.45) is 5.92 Å². The summed E-state index contributed by atoms with van der Waals surface area (Å²) in [5.41, 5.74) is 1.37. The highest BCUT2D eigenvalue weighted by molar-refractivity contribution is 5.89. The smallest absolute Gasteiger partial charge is 0.309 e. The number of ether oxygens (including phenoxy) is 1. The second-order valence-corrected chi connectivity index (χ2v) is 4.81. The van der Waals surface area contributed by atoms with Gasteiger partial charge in [0.15, 0.2) is 0 Å². The van der Waals surface area contributed by atoms with E-state index in [-0.39, 0.29) is 18.5 Å². The average Bonchev–Trinajstić information content (AvgIpc) is 3.28. The minimum Gasteiger partial charge on any atom is -0.461 e. The number of hydrogen-bond donors (Lipinski definition) is 0. The van der Waals surface area contributed by atoms with Crippen molar-refractivity contribution < 1.29 is 9.53 Å². The SMILES string of the molecule is N#Cc1c(COC(=O)C2CC2)ccc2ccccc12. The number of carbonyl (C=O) groups excluding carboxylic acids is 1. The van der Waals surface area contributed by atoms with Crippen molar-refractivity contribution in [3.63, 3.8) is 0 Å². The summed E-state index contributed by atoms with van der Waals surface area (Å²) in [7, 11) is 0. The molecule has 0 radical (unpaired) electrons. The minimum atomic E-state index is -0.142. The van der Waals surface area contributed by atoms with Gasteiger partial charge in [-0.15, -0.1) is 0 Å². The maximum atomic E-state index is 11.5. The molecule has 2 aromatic carbocycles. The second-order valence-electron chi connectivity index (χ2n) is 4.81. The lowest BCUT2D eigenvalue weighted by Crippen LogP contribution is -2.07. The molecular formula is C16H13NO2. The van der Waals surface area contributed by atoms with Gasteiger partial charge in [-0.25, -0.2) is 0 Å². The molecule has 3 heteroatoms. The van der Waals surface area contributed by atoms with E-state index < -0.39 is 0 Å². The van der Waals surface area contributed by atoms with Crippen LogP contribution in [0.1, 0.15) is 24.0 Å². The highest BCUT2D eigenvalue weighted by atomic mass is 16.5. The Bertz CT molecular complexity index is 681. The van der Waals surface area contributed by atoms with Gasteiger partial charge in [-0.3, -0.25) is 4.79 Å². The maximum absolute atomic E-state index is 11.5. The van der Waals surface area contributed by atoms with Gasteiger partial charge >= 0.3 is 5.97 Å². The monoisotopic (exact) mass is 251 g/mol. The van der Waals surface area contributed by atoms with Crippen LogP contribution in [0.2, 0.25) is 0 Å². The highest BCUT2D eigenvalue weighted by Crippen LogP contribution is 2.31. The molecule has 0 atom stereocenters. The van der Waals surface area contributed by atoms with Gasteiger partial charge in [-0.1, -0.05) is 36.4 Å². The third-order valence-corrected chi connectivity index (χ3v) is 3.41. The van der Waals surface area contributed by atoms with Gasteiger partial charge in [0, 0.05) is 5.56 Å². The number of hydrogen-bond acceptors (Lipinski definition) is 3. The fourth-order valence-corrected chi connectivity index (χ4v) is 2.15. The van der Waals surface area contributed by atoms with Crippen molar-refractivity contribution in [2.75, 3.05) is 0 Å². The zero-order chi connectivity index (χ0) is 13.2. The van der Waals surface area contributed by atoms with Crippen LogP contribution in [0.5, 0.6) is 0 Å². The number of nitrogens with zero attached hydrogens (tertiary/aromatic N) is 1. The van der Waals surface area contributed by atoms with Crippen LogP contribution in [0.3, 0.4) is 0 Å². The van der Waals surface area contributed by atoms with Crippen molar-refractivity contribution in [2.45, 2.75) is 19.4 Å². The first-order valence-corrected chi connectivity index (χ1v) is 6.37. The van der Waals surface area contributed by atoms with Gasteiger partial charge in [0.1, 0.15) is 12.7 Å². The molecule has 0 N–H and O–H groups in total. The fraction of sp³-hybridized carbons (Fsp3) is 0.250. The number of esters is 1. The Morgan fingerprint density at radius 1 is 1.26 bits per heavy atom. The lowest BCUT2D eigenvalue weighted by Gasteiger charge is -2.08. The topological polar surface area (TPSA) is 50.1 Å². The summed E-state index contributed by atoms with van der Waals surface area (Å²) in [6.45, 7) is 0.184. The lowest BCUT2D eigenvalue weighted by molar-refractivity contribution is -0.146. The molecule has 0 bridgehead atoms. The van der Waals surface area contributed by atoms with Gasteiger partial charge in [0.25, 0.3) is 0 Å². The molecule has 19 heavy (non-hydrogen) atoms.